The Balaban J connectivity index is 2.06. The molecule has 6 N–H and O–H groups in total. The van der Waals surface area contributed by atoms with Gasteiger partial charge in [0.25, 0.3) is 0 Å². The maximum absolute atomic E-state index is 11.8. The molecule has 1 aliphatic carbocycles. The highest BCUT2D eigenvalue weighted by Gasteiger charge is 2.50. The van der Waals surface area contributed by atoms with E-state index in [2.05, 4.69) is 0 Å². The molecule has 1 aromatic rings. The van der Waals surface area contributed by atoms with Crippen LogP contribution in [0.4, 0.5) is 0 Å². The van der Waals surface area contributed by atoms with Gasteiger partial charge in [0.2, 0.25) is 0 Å². The van der Waals surface area contributed by atoms with Crippen molar-refractivity contribution in [1.82, 2.24) is 0 Å². The summed E-state index contributed by atoms with van der Waals surface area (Å²) in [5.74, 6) is -3.24. The van der Waals surface area contributed by atoms with E-state index in [4.69, 9.17) is 9.84 Å². The van der Waals surface area contributed by atoms with Gasteiger partial charge in [-0.1, -0.05) is 6.07 Å². The molecule has 25 heavy (non-hydrogen) atoms. The third-order valence-electron chi connectivity index (χ3n) is 3.94. The Bertz CT molecular complexity index is 699. The summed E-state index contributed by atoms with van der Waals surface area (Å²) in [7, 11) is 0. The first-order valence-corrected chi connectivity index (χ1v) is 7.35. The zero-order valence-electron chi connectivity index (χ0n) is 12.9. The van der Waals surface area contributed by atoms with Crippen molar-refractivity contribution in [3.8, 4) is 11.5 Å². The number of carboxylic acid groups (broad SMARTS) is 1. The topological polar surface area (TPSA) is 165 Å². The van der Waals surface area contributed by atoms with Crippen LogP contribution in [0.2, 0.25) is 0 Å². The van der Waals surface area contributed by atoms with Gasteiger partial charge in [0.05, 0.1) is 6.10 Å². The van der Waals surface area contributed by atoms with Crippen LogP contribution in [0, 0.1) is 0 Å². The number of hydrogen-bond donors (Lipinski definition) is 6. The molecule has 1 aromatic carbocycles. The molecule has 1 saturated carbocycles. The van der Waals surface area contributed by atoms with Crippen LogP contribution in [-0.2, 0) is 14.3 Å². The molecule has 0 heterocycles. The summed E-state index contributed by atoms with van der Waals surface area (Å²) >= 11 is 0. The number of aliphatic carboxylic acids is 1. The van der Waals surface area contributed by atoms with Crippen molar-refractivity contribution >= 4 is 18.0 Å². The summed E-state index contributed by atoms with van der Waals surface area (Å²) in [4.78, 5) is 22.9. The molecule has 0 radical (unpaired) electrons. The molecule has 0 bridgehead atoms. The molecule has 0 unspecified atom stereocenters. The number of aliphatic hydroxyl groups excluding tert-OH is 2. The van der Waals surface area contributed by atoms with E-state index < -0.39 is 48.7 Å². The molecule has 4 atom stereocenters. The number of aliphatic hydroxyl groups is 3. The van der Waals surface area contributed by atoms with Gasteiger partial charge in [0.1, 0.15) is 12.2 Å². The third-order valence-corrected chi connectivity index (χ3v) is 3.94. The lowest BCUT2D eigenvalue weighted by molar-refractivity contribution is -0.196. The lowest BCUT2D eigenvalue weighted by Crippen LogP contribution is -2.57. The number of carboxylic acids is 1. The fraction of sp³-hybridized carbons (Fsp3) is 0.375. The van der Waals surface area contributed by atoms with E-state index in [1.807, 2.05) is 0 Å². The largest absolute Gasteiger partial charge is 0.504 e. The normalized spacial score (nSPS) is 29.5. The monoisotopic (exact) mass is 354 g/mol. The molecule has 0 aromatic heterocycles. The number of aromatic hydroxyl groups is 2. The smallest absolute Gasteiger partial charge is 0.335 e. The summed E-state index contributed by atoms with van der Waals surface area (Å²) in [6.45, 7) is 0. The van der Waals surface area contributed by atoms with Crippen molar-refractivity contribution in [3.05, 3.63) is 29.8 Å². The molecule has 0 amide bonds. The summed E-state index contributed by atoms with van der Waals surface area (Å²) in [5.41, 5.74) is -1.94. The van der Waals surface area contributed by atoms with E-state index in [-0.39, 0.29) is 11.5 Å². The second kappa shape index (κ2) is 7.09. The summed E-state index contributed by atoms with van der Waals surface area (Å²) in [6.07, 6.45) is -3.44. The Kier molecular flexibility index (Phi) is 5.31. The number of phenolic OH excluding ortho intramolecular Hbond substituents is 2. The van der Waals surface area contributed by atoms with Gasteiger partial charge >= 0.3 is 11.9 Å². The maximum Gasteiger partial charge on any atom is 0.335 e. The molecule has 0 aliphatic heterocycles. The van der Waals surface area contributed by atoms with Crippen LogP contribution >= 0.6 is 0 Å². The van der Waals surface area contributed by atoms with E-state index in [1.54, 1.807) is 0 Å². The van der Waals surface area contributed by atoms with Crippen molar-refractivity contribution in [1.29, 1.82) is 0 Å². The minimum Gasteiger partial charge on any atom is -0.504 e. The second-order valence-corrected chi connectivity index (χ2v) is 5.86. The number of carbonyl (C=O) groups is 2. The highest BCUT2D eigenvalue weighted by Crippen LogP contribution is 2.31. The van der Waals surface area contributed by atoms with E-state index in [0.717, 1.165) is 6.08 Å². The van der Waals surface area contributed by atoms with Crippen LogP contribution in [0.3, 0.4) is 0 Å². The fourth-order valence-corrected chi connectivity index (χ4v) is 2.53. The average molecular weight is 354 g/mol. The van der Waals surface area contributed by atoms with E-state index in [9.17, 15) is 35.1 Å². The van der Waals surface area contributed by atoms with E-state index in [1.165, 1.54) is 24.3 Å². The minimum absolute atomic E-state index is 0.327. The summed E-state index contributed by atoms with van der Waals surface area (Å²) < 4.78 is 4.92. The van der Waals surface area contributed by atoms with E-state index >= 15 is 0 Å². The molecule has 0 saturated heterocycles. The van der Waals surface area contributed by atoms with Crippen LogP contribution in [0.25, 0.3) is 6.08 Å². The zero-order chi connectivity index (χ0) is 18.8. The first-order valence-electron chi connectivity index (χ1n) is 7.35. The van der Waals surface area contributed by atoms with Crippen LogP contribution < -0.4 is 0 Å². The SMILES string of the molecule is O=C(C=Cc1ccc(O)c(O)c1)O[C@@H]1C[C@](O)(C(=O)O)C[C@@H](O)[C@@H]1O. The van der Waals surface area contributed by atoms with Gasteiger partial charge < -0.3 is 35.4 Å². The van der Waals surface area contributed by atoms with Crippen LogP contribution in [0.15, 0.2) is 24.3 Å². The molecule has 2 rings (SSSR count). The lowest BCUT2D eigenvalue weighted by Gasteiger charge is -2.39. The number of esters is 1. The second-order valence-electron chi connectivity index (χ2n) is 5.86. The van der Waals surface area contributed by atoms with Gasteiger partial charge in [0.15, 0.2) is 17.1 Å². The first kappa shape index (κ1) is 18.7. The van der Waals surface area contributed by atoms with Gasteiger partial charge in [-0.2, -0.15) is 0 Å². The fourth-order valence-electron chi connectivity index (χ4n) is 2.53. The quantitative estimate of drug-likeness (QED) is 0.234. The molecule has 1 fully saturated rings. The Morgan fingerprint density at radius 3 is 2.44 bits per heavy atom. The van der Waals surface area contributed by atoms with Gasteiger partial charge in [-0.25, -0.2) is 9.59 Å². The van der Waals surface area contributed by atoms with Crippen LogP contribution in [-0.4, -0.2) is 66.5 Å². The average Bonchev–Trinajstić information content (AvgIpc) is 2.53. The van der Waals surface area contributed by atoms with Crippen molar-refractivity contribution < 1.29 is 45.0 Å². The first-order chi connectivity index (χ1) is 11.6. The third kappa shape index (κ3) is 4.27. The number of ether oxygens (including phenoxy) is 1. The molecule has 9 heteroatoms. The molecule has 0 spiro atoms. The van der Waals surface area contributed by atoms with Crippen LogP contribution in [0.1, 0.15) is 18.4 Å². The van der Waals surface area contributed by atoms with Crippen molar-refractivity contribution in [2.24, 2.45) is 0 Å². The predicted molar refractivity (Wildman–Crippen MR) is 82.5 cm³/mol. The lowest BCUT2D eigenvalue weighted by atomic mass is 9.79. The number of carbonyl (C=O) groups excluding carboxylic acids is 1. The van der Waals surface area contributed by atoms with Gasteiger partial charge in [0, 0.05) is 18.9 Å². The van der Waals surface area contributed by atoms with Crippen molar-refractivity contribution in [3.63, 3.8) is 0 Å². The highest BCUT2D eigenvalue weighted by atomic mass is 16.6. The summed E-state index contributed by atoms with van der Waals surface area (Å²) in [5, 5.41) is 57.0. The summed E-state index contributed by atoms with van der Waals surface area (Å²) in [6, 6.07) is 3.83. The van der Waals surface area contributed by atoms with Crippen molar-refractivity contribution in [2.45, 2.75) is 36.8 Å². The maximum atomic E-state index is 11.8. The Hall–Kier alpha value is -2.62. The number of benzene rings is 1. The highest BCUT2D eigenvalue weighted by molar-refractivity contribution is 5.87. The minimum atomic E-state index is -2.31. The Morgan fingerprint density at radius 2 is 1.84 bits per heavy atom. The predicted octanol–water partition coefficient (Wildman–Crippen LogP) is -0.646. The molecular weight excluding hydrogens is 336 g/mol. The molecule has 136 valence electrons. The number of hydrogen-bond acceptors (Lipinski definition) is 8. The standard InChI is InChI=1S/C16H18O9/c17-9-3-1-8(5-10(9)18)2-4-13(20)25-12-7-16(24,15(22)23)6-11(19)14(12)21/h1-5,11-12,14,17-19,21,24H,6-7H2,(H,22,23)/t11-,12-,14+,16+/m1/s1. The van der Waals surface area contributed by atoms with Crippen LogP contribution in [0.5, 0.6) is 11.5 Å². The van der Waals surface area contributed by atoms with Gasteiger partial charge in [-0.3, -0.25) is 0 Å². The zero-order valence-corrected chi connectivity index (χ0v) is 12.9. The van der Waals surface area contributed by atoms with E-state index in [0.29, 0.717) is 5.56 Å². The number of rotatable bonds is 4. The van der Waals surface area contributed by atoms with Crippen molar-refractivity contribution in [2.75, 3.05) is 0 Å². The van der Waals surface area contributed by atoms with Gasteiger partial charge in [-0.15, -0.1) is 0 Å². The molecule has 1 aliphatic rings. The Labute approximate surface area is 142 Å². The molecule has 9 nitrogen and oxygen atoms in total. The number of phenols is 2. The Morgan fingerprint density at radius 1 is 1.16 bits per heavy atom. The molecular formula is C16H18O9. The van der Waals surface area contributed by atoms with Gasteiger partial charge in [-0.05, 0) is 23.8 Å².